The molecule has 2 aromatic carbocycles. The first-order valence-corrected chi connectivity index (χ1v) is 10.9. The van der Waals surface area contributed by atoms with E-state index in [2.05, 4.69) is 13.8 Å². The zero-order valence-electron chi connectivity index (χ0n) is 16.3. The molecular formula is C21H29O5P. The summed E-state index contributed by atoms with van der Waals surface area (Å²) < 4.78 is 29.4. The van der Waals surface area contributed by atoms with Gasteiger partial charge in [-0.1, -0.05) is 73.7 Å². The molecule has 148 valence electrons. The molecule has 0 fully saturated rings. The van der Waals surface area contributed by atoms with Crippen molar-refractivity contribution in [2.75, 3.05) is 6.61 Å². The molecular weight excluding hydrogens is 363 g/mol. The molecule has 0 bridgehead atoms. The van der Waals surface area contributed by atoms with E-state index in [0.29, 0.717) is 17.4 Å². The highest BCUT2D eigenvalue weighted by Crippen LogP contribution is 2.50. The topological polar surface area (TPSA) is 54.0 Å². The largest absolute Gasteiger partial charge is 0.566 e. The van der Waals surface area contributed by atoms with Gasteiger partial charge in [0.2, 0.25) is 0 Å². The Kier molecular flexibility index (Phi) is 8.86. The number of unbranched alkanes of at least 4 members (excludes halogenated alkanes) is 1. The minimum Gasteiger partial charge on any atom is -0.402 e. The van der Waals surface area contributed by atoms with Gasteiger partial charge >= 0.3 is 7.82 Å². The quantitative estimate of drug-likeness (QED) is 0.228. The average molecular weight is 392 g/mol. The highest BCUT2D eigenvalue weighted by atomic mass is 31.2. The molecule has 2 unspecified atom stereocenters. The molecule has 6 heteroatoms. The molecule has 5 nitrogen and oxygen atoms in total. The maximum absolute atomic E-state index is 13.1. The molecule has 0 aliphatic heterocycles. The van der Waals surface area contributed by atoms with Crippen LogP contribution in [0.1, 0.15) is 45.1 Å². The van der Waals surface area contributed by atoms with E-state index in [1.165, 1.54) is 0 Å². The molecule has 0 saturated heterocycles. The number of aryl methyl sites for hydroxylation is 1. The van der Waals surface area contributed by atoms with E-state index in [-0.39, 0.29) is 6.61 Å². The molecule has 0 N–H and O–H groups in total. The van der Waals surface area contributed by atoms with Crippen LogP contribution in [0.4, 0.5) is 0 Å². The lowest BCUT2D eigenvalue weighted by atomic mass is 10.0. The number of para-hydroxylation sites is 1. The Labute approximate surface area is 162 Å². The molecule has 0 heterocycles. The molecule has 0 amide bonds. The second kappa shape index (κ2) is 11.1. The van der Waals surface area contributed by atoms with E-state index in [1.54, 1.807) is 36.4 Å². The number of hydrogen-bond donors (Lipinski definition) is 0. The Hall–Kier alpha value is -1.81. The van der Waals surface area contributed by atoms with Crippen LogP contribution >= 0.6 is 7.82 Å². The first-order valence-electron chi connectivity index (χ1n) is 9.46. The van der Waals surface area contributed by atoms with Crippen molar-refractivity contribution in [3.8, 4) is 11.5 Å². The maximum Gasteiger partial charge on any atom is 0.566 e. The Morgan fingerprint density at radius 1 is 0.963 bits per heavy atom. The number of phosphoric acid groups is 1. The number of hydrogen-bond acceptors (Lipinski definition) is 5. The van der Waals surface area contributed by atoms with Gasteiger partial charge < -0.3 is 9.41 Å². The fourth-order valence-electron chi connectivity index (χ4n) is 2.45. The van der Waals surface area contributed by atoms with Crippen LogP contribution in [0.5, 0.6) is 11.5 Å². The van der Waals surface area contributed by atoms with Gasteiger partial charge in [-0.25, -0.2) is 4.57 Å². The van der Waals surface area contributed by atoms with Gasteiger partial charge in [0.15, 0.2) is 5.75 Å². The van der Waals surface area contributed by atoms with Gasteiger partial charge in [0.25, 0.3) is 0 Å². The van der Waals surface area contributed by atoms with Crippen molar-refractivity contribution >= 4 is 7.82 Å². The monoisotopic (exact) mass is 392 g/mol. The van der Waals surface area contributed by atoms with Crippen molar-refractivity contribution < 1.29 is 23.2 Å². The van der Waals surface area contributed by atoms with Gasteiger partial charge in [-0.3, -0.25) is 4.52 Å². The zero-order chi connectivity index (χ0) is 19.5. The highest BCUT2D eigenvalue weighted by molar-refractivity contribution is 7.48. The zero-order valence-corrected chi connectivity index (χ0v) is 17.2. The Morgan fingerprint density at radius 3 is 2.30 bits per heavy atom. The standard InChI is InChI=1S/C21H29O5P/c1-4-6-10-19(5-2)17-23-27(22,25-21-11-8-7-9-12-21)26-24-20-15-13-18(3)14-16-20/h7-9,11-16,19H,4-6,10,17H2,1-3H3. The molecule has 0 radical (unpaired) electrons. The van der Waals surface area contributed by atoms with Crippen molar-refractivity contribution in [2.45, 2.75) is 46.5 Å². The summed E-state index contributed by atoms with van der Waals surface area (Å²) in [5.74, 6) is 1.12. The smallest absolute Gasteiger partial charge is 0.402 e. The van der Waals surface area contributed by atoms with Crippen molar-refractivity contribution in [1.82, 2.24) is 0 Å². The van der Waals surface area contributed by atoms with Gasteiger partial charge in [-0.15, -0.1) is 0 Å². The second-order valence-corrected chi connectivity index (χ2v) is 8.02. The van der Waals surface area contributed by atoms with E-state index in [0.717, 1.165) is 31.2 Å². The molecule has 27 heavy (non-hydrogen) atoms. The van der Waals surface area contributed by atoms with Crippen LogP contribution in [0, 0.1) is 12.8 Å². The summed E-state index contributed by atoms with van der Waals surface area (Å²) in [7, 11) is -3.94. The third kappa shape index (κ3) is 7.76. The van der Waals surface area contributed by atoms with Crippen molar-refractivity contribution in [1.29, 1.82) is 0 Å². The molecule has 2 rings (SSSR count). The van der Waals surface area contributed by atoms with Crippen molar-refractivity contribution in [3.63, 3.8) is 0 Å². The van der Waals surface area contributed by atoms with E-state index in [4.69, 9.17) is 18.6 Å². The molecule has 0 aromatic heterocycles. The van der Waals surface area contributed by atoms with Gasteiger partial charge in [0.1, 0.15) is 5.75 Å². The van der Waals surface area contributed by atoms with Gasteiger partial charge in [0, 0.05) is 0 Å². The van der Waals surface area contributed by atoms with Gasteiger partial charge in [-0.2, -0.15) is 0 Å². The van der Waals surface area contributed by atoms with Gasteiger partial charge in [0.05, 0.1) is 6.61 Å². The molecule has 2 aromatic rings. The van der Waals surface area contributed by atoms with Crippen LogP contribution in [0.3, 0.4) is 0 Å². The van der Waals surface area contributed by atoms with Gasteiger partial charge in [-0.05, 0) is 43.5 Å². The normalized spacial score (nSPS) is 14.3. The van der Waals surface area contributed by atoms with Crippen LogP contribution in [-0.4, -0.2) is 6.61 Å². The fourth-order valence-corrected chi connectivity index (χ4v) is 3.53. The highest BCUT2D eigenvalue weighted by Gasteiger charge is 2.32. The summed E-state index contributed by atoms with van der Waals surface area (Å²) in [5, 5.41) is 0. The van der Waals surface area contributed by atoms with Crippen LogP contribution in [-0.2, 0) is 13.8 Å². The van der Waals surface area contributed by atoms with E-state index in [1.807, 2.05) is 25.1 Å². The van der Waals surface area contributed by atoms with Crippen LogP contribution in [0.15, 0.2) is 54.6 Å². The molecule has 0 saturated carbocycles. The fraction of sp³-hybridized carbons (Fsp3) is 0.429. The molecule has 2 atom stereocenters. The van der Waals surface area contributed by atoms with E-state index < -0.39 is 7.82 Å². The van der Waals surface area contributed by atoms with Crippen molar-refractivity contribution in [3.05, 3.63) is 60.2 Å². The summed E-state index contributed by atoms with van der Waals surface area (Å²) in [4.78, 5) is 5.23. The first kappa shape index (κ1) is 21.5. The Balaban J connectivity index is 2.04. The molecule has 0 aliphatic carbocycles. The predicted octanol–water partition coefficient (Wildman–Crippen LogP) is 6.73. The Bertz CT molecular complexity index is 702. The average Bonchev–Trinajstić information content (AvgIpc) is 2.69. The molecule has 0 spiro atoms. The molecule has 0 aliphatic rings. The number of phosphoric ester groups is 1. The van der Waals surface area contributed by atoms with Crippen LogP contribution < -0.4 is 9.41 Å². The first-order chi connectivity index (χ1) is 13.0. The van der Waals surface area contributed by atoms with Crippen LogP contribution in [0.25, 0.3) is 0 Å². The number of rotatable bonds is 12. The summed E-state index contributed by atoms with van der Waals surface area (Å²) in [6.07, 6.45) is 4.16. The van der Waals surface area contributed by atoms with E-state index in [9.17, 15) is 4.57 Å². The second-order valence-electron chi connectivity index (χ2n) is 6.53. The summed E-state index contributed by atoms with van der Waals surface area (Å²) in [5.41, 5.74) is 1.09. The van der Waals surface area contributed by atoms with Crippen LogP contribution in [0.2, 0.25) is 0 Å². The lowest BCUT2D eigenvalue weighted by Gasteiger charge is -2.20. The Morgan fingerprint density at radius 2 is 1.67 bits per heavy atom. The summed E-state index contributed by atoms with van der Waals surface area (Å²) in [6, 6.07) is 16.0. The minimum atomic E-state index is -3.94. The third-order valence-electron chi connectivity index (χ3n) is 4.22. The minimum absolute atomic E-state index is 0.290. The van der Waals surface area contributed by atoms with Crippen molar-refractivity contribution in [2.24, 2.45) is 5.92 Å². The predicted molar refractivity (Wildman–Crippen MR) is 107 cm³/mol. The van der Waals surface area contributed by atoms with E-state index >= 15 is 0 Å². The lowest BCUT2D eigenvalue weighted by molar-refractivity contribution is -0.126. The lowest BCUT2D eigenvalue weighted by Crippen LogP contribution is -2.12. The summed E-state index contributed by atoms with van der Waals surface area (Å²) >= 11 is 0. The third-order valence-corrected chi connectivity index (χ3v) is 5.37. The summed E-state index contributed by atoms with van der Waals surface area (Å²) in [6.45, 7) is 6.50. The maximum atomic E-state index is 13.1. The number of benzene rings is 2. The SMILES string of the molecule is CCCCC(CC)COP(=O)(OOc1ccc(C)cc1)Oc1ccccc1.